The maximum Gasteiger partial charge on any atom is 0.223 e. The van der Waals surface area contributed by atoms with Crippen LogP contribution >= 0.6 is 0 Å². The van der Waals surface area contributed by atoms with Crippen LogP contribution in [0.4, 0.5) is 0 Å². The van der Waals surface area contributed by atoms with Crippen LogP contribution < -0.4 is 5.32 Å². The molecule has 0 heterocycles. The molecule has 0 saturated carbocycles. The van der Waals surface area contributed by atoms with Crippen LogP contribution in [0.3, 0.4) is 0 Å². The van der Waals surface area contributed by atoms with E-state index in [9.17, 15) is 4.79 Å². The molecule has 0 saturated heterocycles. The van der Waals surface area contributed by atoms with E-state index in [1.165, 1.54) is 5.56 Å². The van der Waals surface area contributed by atoms with Crippen LogP contribution in [0, 0.1) is 0 Å². The summed E-state index contributed by atoms with van der Waals surface area (Å²) in [6.45, 7) is 5.85. The molecule has 0 fully saturated rings. The Hall–Kier alpha value is -1.35. The van der Waals surface area contributed by atoms with Crippen molar-refractivity contribution in [2.24, 2.45) is 0 Å². The molecule has 106 valence electrons. The number of hydrogen-bond donors (Lipinski definition) is 1. The average Bonchev–Trinajstić information content (AvgIpc) is 2.40. The van der Waals surface area contributed by atoms with Gasteiger partial charge in [-0.3, -0.25) is 4.79 Å². The van der Waals surface area contributed by atoms with Crippen LogP contribution in [-0.2, 0) is 11.2 Å². The third kappa shape index (κ3) is 6.39. The van der Waals surface area contributed by atoms with Crippen LogP contribution in [0.1, 0.15) is 32.3 Å². The normalized spacial score (nSPS) is 12.2. The molecule has 1 aromatic carbocycles. The number of hydrogen-bond acceptors (Lipinski definition) is 2. The molecule has 0 aliphatic carbocycles. The maximum absolute atomic E-state index is 12.0. The molecule has 0 aromatic heterocycles. The Morgan fingerprint density at radius 1 is 1.32 bits per heavy atom. The van der Waals surface area contributed by atoms with Crippen molar-refractivity contribution in [1.29, 1.82) is 0 Å². The monoisotopic (exact) mass is 262 g/mol. The number of benzene rings is 1. The summed E-state index contributed by atoms with van der Waals surface area (Å²) in [5.41, 5.74) is 1.34. The van der Waals surface area contributed by atoms with Crippen molar-refractivity contribution in [2.75, 3.05) is 20.1 Å². The van der Waals surface area contributed by atoms with Gasteiger partial charge >= 0.3 is 0 Å². The van der Waals surface area contributed by atoms with E-state index in [0.29, 0.717) is 6.42 Å². The molecule has 3 nitrogen and oxygen atoms in total. The minimum atomic E-state index is 0.224. The van der Waals surface area contributed by atoms with E-state index < -0.39 is 0 Å². The topological polar surface area (TPSA) is 32.3 Å². The van der Waals surface area contributed by atoms with E-state index in [0.717, 1.165) is 25.9 Å². The number of carbonyl (C=O) groups excluding carboxylic acids is 1. The lowest BCUT2D eigenvalue weighted by Gasteiger charge is -2.20. The van der Waals surface area contributed by atoms with Crippen molar-refractivity contribution >= 4 is 5.91 Å². The molecular weight excluding hydrogens is 236 g/mol. The second kappa shape index (κ2) is 8.70. The third-order valence-electron chi connectivity index (χ3n) is 3.26. The SMILES string of the molecule is CCNC(C)CC(=O)N(C)CCCc1ccccc1. The third-order valence-corrected chi connectivity index (χ3v) is 3.26. The number of carbonyl (C=O) groups is 1. The molecule has 0 spiro atoms. The van der Waals surface area contributed by atoms with Crippen molar-refractivity contribution in [3.05, 3.63) is 35.9 Å². The Morgan fingerprint density at radius 3 is 2.63 bits per heavy atom. The zero-order valence-electron chi connectivity index (χ0n) is 12.4. The standard InChI is InChI=1S/C16H26N2O/c1-4-17-14(2)13-16(19)18(3)12-8-11-15-9-6-5-7-10-15/h5-7,9-10,14,17H,4,8,11-13H2,1-3H3. The minimum Gasteiger partial charge on any atom is -0.346 e. The fraction of sp³-hybridized carbons (Fsp3) is 0.562. The zero-order valence-corrected chi connectivity index (χ0v) is 12.4. The Bertz CT molecular complexity index is 364. The summed E-state index contributed by atoms with van der Waals surface area (Å²) in [7, 11) is 1.89. The summed E-state index contributed by atoms with van der Waals surface area (Å²) < 4.78 is 0. The first kappa shape index (κ1) is 15.7. The fourth-order valence-electron chi connectivity index (χ4n) is 2.13. The predicted octanol–water partition coefficient (Wildman–Crippen LogP) is 2.47. The van der Waals surface area contributed by atoms with Gasteiger partial charge in [-0.15, -0.1) is 0 Å². The highest BCUT2D eigenvalue weighted by Crippen LogP contribution is 2.04. The second-order valence-electron chi connectivity index (χ2n) is 5.07. The molecule has 1 aromatic rings. The summed E-state index contributed by atoms with van der Waals surface area (Å²) in [4.78, 5) is 13.8. The van der Waals surface area contributed by atoms with Crippen LogP contribution in [0.15, 0.2) is 30.3 Å². The van der Waals surface area contributed by atoms with E-state index in [-0.39, 0.29) is 11.9 Å². The highest BCUT2D eigenvalue weighted by molar-refractivity contribution is 5.76. The van der Waals surface area contributed by atoms with Gasteiger partial charge in [0.15, 0.2) is 0 Å². The van der Waals surface area contributed by atoms with E-state index in [1.54, 1.807) is 0 Å². The highest BCUT2D eigenvalue weighted by Gasteiger charge is 2.12. The molecule has 1 unspecified atom stereocenters. The van der Waals surface area contributed by atoms with Gasteiger partial charge in [-0.25, -0.2) is 0 Å². The predicted molar refractivity (Wildman–Crippen MR) is 80.2 cm³/mol. The van der Waals surface area contributed by atoms with Crippen LogP contribution in [0.2, 0.25) is 0 Å². The molecule has 1 N–H and O–H groups in total. The van der Waals surface area contributed by atoms with Gasteiger partial charge in [0.1, 0.15) is 0 Å². The van der Waals surface area contributed by atoms with Crippen molar-refractivity contribution in [2.45, 2.75) is 39.2 Å². The molecule has 0 aliphatic rings. The largest absolute Gasteiger partial charge is 0.346 e. The molecule has 1 rings (SSSR count). The molecule has 0 bridgehead atoms. The zero-order chi connectivity index (χ0) is 14.1. The molecule has 19 heavy (non-hydrogen) atoms. The summed E-state index contributed by atoms with van der Waals surface area (Å²) >= 11 is 0. The Morgan fingerprint density at radius 2 is 2.00 bits per heavy atom. The second-order valence-corrected chi connectivity index (χ2v) is 5.07. The van der Waals surface area contributed by atoms with Gasteiger partial charge in [-0.05, 0) is 31.9 Å². The van der Waals surface area contributed by atoms with Crippen molar-refractivity contribution in [1.82, 2.24) is 10.2 Å². The quantitative estimate of drug-likeness (QED) is 0.780. The number of amides is 1. The van der Waals surface area contributed by atoms with Crippen LogP contribution in [0.25, 0.3) is 0 Å². The summed E-state index contributed by atoms with van der Waals surface area (Å²) in [5, 5.41) is 3.27. The smallest absolute Gasteiger partial charge is 0.223 e. The molecule has 0 aliphatic heterocycles. The lowest BCUT2D eigenvalue weighted by molar-refractivity contribution is -0.130. The average molecular weight is 262 g/mol. The van der Waals surface area contributed by atoms with E-state index in [4.69, 9.17) is 0 Å². The first-order valence-electron chi connectivity index (χ1n) is 7.14. The fourth-order valence-corrected chi connectivity index (χ4v) is 2.13. The van der Waals surface area contributed by atoms with Gasteiger partial charge in [0.25, 0.3) is 0 Å². The van der Waals surface area contributed by atoms with Gasteiger partial charge in [-0.1, -0.05) is 37.3 Å². The lowest BCUT2D eigenvalue weighted by atomic mass is 10.1. The Balaban J connectivity index is 2.23. The minimum absolute atomic E-state index is 0.224. The Labute approximate surface area is 117 Å². The van der Waals surface area contributed by atoms with Crippen molar-refractivity contribution < 1.29 is 4.79 Å². The van der Waals surface area contributed by atoms with Crippen LogP contribution in [-0.4, -0.2) is 37.0 Å². The number of aryl methyl sites for hydroxylation is 1. The molecular formula is C16H26N2O. The Kier molecular flexibility index (Phi) is 7.19. The van der Waals surface area contributed by atoms with Crippen molar-refractivity contribution in [3.8, 4) is 0 Å². The van der Waals surface area contributed by atoms with Gasteiger partial charge in [0.2, 0.25) is 5.91 Å². The molecule has 1 amide bonds. The molecule has 3 heteroatoms. The number of rotatable bonds is 8. The van der Waals surface area contributed by atoms with Crippen molar-refractivity contribution in [3.63, 3.8) is 0 Å². The van der Waals surface area contributed by atoms with Gasteiger partial charge < -0.3 is 10.2 Å². The summed E-state index contributed by atoms with van der Waals surface area (Å²) in [6.07, 6.45) is 2.62. The molecule has 1 atom stereocenters. The summed E-state index contributed by atoms with van der Waals surface area (Å²) in [6, 6.07) is 10.7. The van der Waals surface area contributed by atoms with E-state index in [1.807, 2.05) is 18.0 Å². The first-order valence-corrected chi connectivity index (χ1v) is 7.14. The van der Waals surface area contributed by atoms with E-state index in [2.05, 4.69) is 43.4 Å². The molecule has 0 radical (unpaired) electrons. The van der Waals surface area contributed by atoms with Gasteiger partial charge in [0, 0.05) is 26.1 Å². The van der Waals surface area contributed by atoms with Gasteiger partial charge in [0.05, 0.1) is 0 Å². The van der Waals surface area contributed by atoms with E-state index >= 15 is 0 Å². The summed E-state index contributed by atoms with van der Waals surface area (Å²) in [5.74, 6) is 0.224. The first-order chi connectivity index (χ1) is 9.13. The number of nitrogens with one attached hydrogen (secondary N) is 1. The van der Waals surface area contributed by atoms with Gasteiger partial charge in [-0.2, -0.15) is 0 Å². The number of nitrogens with zero attached hydrogens (tertiary/aromatic N) is 1. The maximum atomic E-state index is 12.0. The lowest BCUT2D eigenvalue weighted by Crippen LogP contribution is -2.35. The van der Waals surface area contributed by atoms with Crippen LogP contribution in [0.5, 0.6) is 0 Å². The highest BCUT2D eigenvalue weighted by atomic mass is 16.2.